The zero-order chi connectivity index (χ0) is 21.5. The molecule has 30 heavy (non-hydrogen) atoms. The van der Waals surface area contributed by atoms with Gasteiger partial charge in [-0.3, -0.25) is 4.90 Å². The van der Waals surface area contributed by atoms with Crippen LogP contribution in [0.15, 0.2) is 36.4 Å². The first kappa shape index (κ1) is 22.2. The molecule has 0 aromatic heterocycles. The number of benzene rings is 2. The van der Waals surface area contributed by atoms with Crippen LogP contribution in [-0.2, 0) is 13.0 Å². The number of likely N-dealkylation sites (N-methyl/N-ethyl adjacent to an activating group) is 1. The first-order chi connectivity index (χ1) is 14.5. The fourth-order valence-corrected chi connectivity index (χ4v) is 4.15. The molecule has 0 bridgehead atoms. The first-order valence-corrected chi connectivity index (χ1v) is 10.5. The van der Waals surface area contributed by atoms with Gasteiger partial charge in [-0.05, 0) is 68.2 Å². The van der Waals surface area contributed by atoms with E-state index in [9.17, 15) is 5.11 Å². The molecule has 1 fully saturated rings. The fourth-order valence-electron chi connectivity index (χ4n) is 4.15. The van der Waals surface area contributed by atoms with Crippen molar-refractivity contribution >= 4 is 0 Å². The Morgan fingerprint density at radius 3 is 2.37 bits per heavy atom. The lowest BCUT2D eigenvalue weighted by Gasteiger charge is -2.37. The summed E-state index contributed by atoms with van der Waals surface area (Å²) < 4.78 is 15.9. The van der Waals surface area contributed by atoms with Gasteiger partial charge in [-0.25, -0.2) is 0 Å². The van der Waals surface area contributed by atoms with E-state index in [-0.39, 0.29) is 5.75 Å². The van der Waals surface area contributed by atoms with E-state index >= 15 is 0 Å². The summed E-state index contributed by atoms with van der Waals surface area (Å²) in [6.07, 6.45) is 3.38. The van der Waals surface area contributed by atoms with Crippen LogP contribution in [0.25, 0.3) is 0 Å². The highest BCUT2D eigenvalue weighted by Gasteiger charge is 2.23. The number of phenols is 1. The molecule has 1 aliphatic heterocycles. The first-order valence-electron chi connectivity index (χ1n) is 10.5. The lowest BCUT2D eigenvalue weighted by atomic mass is 10.0. The topological polar surface area (TPSA) is 54.4 Å². The van der Waals surface area contributed by atoms with E-state index in [1.54, 1.807) is 21.3 Å². The van der Waals surface area contributed by atoms with Gasteiger partial charge in [-0.15, -0.1) is 0 Å². The molecule has 2 aromatic carbocycles. The highest BCUT2D eigenvalue weighted by atomic mass is 16.5. The molecule has 6 heteroatoms. The van der Waals surface area contributed by atoms with Gasteiger partial charge in [0.2, 0.25) is 0 Å². The fraction of sp³-hybridized carbons (Fsp3) is 0.500. The van der Waals surface area contributed by atoms with Crippen molar-refractivity contribution in [2.24, 2.45) is 0 Å². The van der Waals surface area contributed by atoms with E-state index in [0.29, 0.717) is 11.8 Å². The number of rotatable bonds is 9. The summed E-state index contributed by atoms with van der Waals surface area (Å²) in [6, 6.07) is 12.4. The van der Waals surface area contributed by atoms with E-state index in [0.717, 1.165) is 49.7 Å². The predicted molar refractivity (Wildman–Crippen MR) is 119 cm³/mol. The highest BCUT2D eigenvalue weighted by molar-refractivity contribution is 5.43. The molecule has 0 aliphatic carbocycles. The number of aromatic hydroxyl groups is 1. The maximum absolute atomic E-state index is 10.0. The Bertz CT molecular complexity index is 827. The molecule has 1 saturated heterocycles. The molecule has 6 nitrogen and oxygen atoms in total. The van der Waals surface area contributed by atoms with Crippen LogP contribution in [0.1, 0.15) is 24.0 Å². The Kier molecular flexibility index (Phi) is 7.82. The SMILES string of the molecule is COc1ccc(CN2CCC[C@@H](N(C)CCc3ccc(OC)c(OC)c3)C2)cc1O. The van der Waals surface area contributed by atoms with Gasteiger partial charge in [-0.2, -0.15) is 0 Å². The monoisotopic (exact) mass is 414 g/mol. The standard InChI is InChI=1S/C24H34N2O4/c1-25(13-11-18-7-10-23(29-3)24(15-18)30-4)20-6-5-12-26(17-20)16-19-8-9-22(28-2)21(27)14-19/h7-10,14-15,20,27H,5-6,11-13,16-17H2,1-4H3/t20-/m1/s1. The van der Waals surface area contributed by atoms with E-state index in [2.05, 4.69) is 29.0 Å². The summed E-state index contributed by atoms with van der Waals surface area (Å²) in [4.78, 5) is 4.94. The van der Waals surface area contributed by atoms with Crippen molar-refractivity contribution in [3.05, 3.63) is 47.5 Å². The predicted octanol–water partition coefficient (Wildman–Crippen LogP) is 3.56. The van der Waals surface area contributed by atoms with Gasteiger partial charge in [0.25, 0.3) is 0 Å². The molecule has 1 atom stereocenters. The van der Waals surface area contributed by atoms with Crippen molar-refractivity contribution in [2.45, 2.75) is 31.8 Å². The molecule has 1 aliphatic rings. The quantitative estimate of drug-likeness (QED) is 0.677. The van der Waals surface area contributed by atoms with E-state index in [4.69, 9.17) is 14.2 Å². The number of phenolic OH excluding ortho intramolecular Hbond substituents is 1. The zero-order valence-corrected chi connectivity index (χ0v) is 18.6. The lowest BCUT2D eigenvalue weighted by Crippen LogP contribution is -2.46. The summed E-state index contributed by atoms with van der Waals surface area (Å²) in [5, 5.41) is 10.0. The van der Waals surface area contributed by atoms with Crippen molar-refractivity contribution in [2.75, 3.05) is 48.0 Å². The molecular formula is C24H34N2O4. The molecule has 0 spiro atoms. The molecule has 0 radical (unpaired) electrons. The van der Waals surface area contributed by atoms with E-state index in [1.165, 1.54) is 18.4 Å². The van der Waals surface area contributed by atoms with Crippen LogP contribution in [0, 0.1) is 0 Å². The third-order valence-electron chi connectivity index (χ3n) is 5.95. The normalized spacial score (nSPS) is 17.2. The highest BCUT2D eigenvalue weighted by Crippen LogP contribution is 2.29. The molecule has 3 rings (SSSR count). The van der Waals surface area contributed by atoms with Crippen LogP contribution in [0.2, 0.25) is 0 Å². The zero-order valence-electron chi connectivity index (χ0n) is 18.6. The Morgan fingerprint density at radius 2 is 1.67 bits per heavy atom. The Morgan fingerprint density at radius 1 is 0.967 bits per heavy atom. The molecule has 164 valence electrons. The second-order valence-corrected chi connectivity index (χ2v) is 7.96. The van der Waals surface area contributed by atoms with Gasteiger partial charge in [0, 0.05) is 25.7 Å². The third-order valence-corrected chi connectivity index (χ3v) is 5.95. The molecule has 0 saturated carbocycles. The average Bonchev–Trinajstić information content (AvgIpc) is 2.77. The largest absolute Gasteiger partial charge is 0.504 e. The van der Waals surface area contributed by atoms with Gasteiger partial charge >= 0.3 is 0 Å². The minimum atomic E-state index is 0.204. The summed E-state index contributed by atoms with van der Waals surface area (Å²) in [5.74, 6) is 2.27. The maximum atomic E-state index is 10.0. The Labute approximate surface area is 180 Å². The molecule has 0 amide bonds. The van der Waals surface area contributed by atoms with E-state index < -0.39 is 0 Å². The van der Waals surface area contributed by atoms with Crippen LogP contribution in [0.3, 0.4) is 0 Å². The van der Waals surface area contributed by atoms with Gasteiger partial charge in [0.05, 0.1) is 21.3 Å². The molecule has 2 aromatic rings. The number of hydrogen-bond donors (Lipinski definition) is 1. The second kappa shape index (κ2) is 10.5. The lowest BCUT2D eigenvalue weighted by molar-refractivity contribution is 0.112. The van der Waals surface area contributed by atoms with Crippen LogP contribution < -0.4 is 14.2 Å². The van der Waals surface area contributed by atoms with Gasteiger partial charge in [0.1, 0.15) is 0 Å². The number of ether oxygens (including phenoxy) is 3. The van der Waals surface area contributed by atoms with Crippen LogP contribution in [0.5, 0.6) is 23.0 Å². The van der Waals surface area contributed by atoms with Crippen molar-refractivity contribution in [3.63, 3.8) is 0 Å². The minimum absolute atomic E-state index is 0.204. The van der Waals surface area contributed by atoms with Crippen LogP contribution in [-0.4, -0.2) is 69.0 Å². The Balaban J connectivity index is 1.54. The Hall–Kier alpha value is -2.44. The minimum Gasteiger partial charge on any atom is -0.504 e. The number of hydrogen-bond acceptors (Lipinski definition) is 6. The number of methoxy groups -OCH3 is 3. The molecule has 1 N–H and O–H groups in total. The van der Waals surface area contributed by atoms with Gasteiger partial charge in [0.15, 0.2) is 23.0 Å². The van der Waals surface area contributed by atoms with Crippen molar-refractivity contribution in [3.8, 4) is 23.0 Å². The second-order valence-electron chi connectivity index (χ2n) is 7.96. The number of piperidine rings is 1. The number of nitrogens with zero attached hydrogens (tertiary/aromatic N) is 2. The molecular weight excluding hydrogens is 380 g/mol. The number of likely N-dealkylation sites (tertiary alicyclic amines) is 1. The van der Waals surface area contributed by atoms with Crippen molar-refractivity contribution in [1.29, 1.82) is 0 Å². The van der Waals surface area contributed by atoms with Gasteiger partial charge < -0.3 is 24.2 Å². The third kappa shape index (κ3) is 5.58. The van der Waals surface area contributed by atoms with Crippen LogP contribution in [0.4, 0.5) is 0 Å². The average molecular weight is 415 g/mol. The molecule has 0 unspecified atom stereocenters. The summed E-state index contributed by atoms with van der Waals surface area (Å²) in [7, 11) is 7.12. The van der Waals surface area contributed by atoms with Crippen molar-refractivity contribution < 1.29 is 19.3 Å². The smallest absolute Gasteiger partial charge is 0.160 e. The van der Waals surface area contributed by atoms with Crippen molar-refractivity contribution in [1.82, 2.24) is 9.80 Å². The molecule has 1 heterocycles. The van der Waals surface area contributed by atoms with Crippen LogP contribution >= 0.6 is 0 Å². The summed E-state index contributed by atoms with van der Waals surface area (Å²) in [6.45, 7) is 3.97. The summed E-state index contributed by atoms with van der Waals surface area (Å²) >= 11 is 0. The van der Waals surface area contributed by atoms with Gasteiger partial charge in [-0.1, -0.05) is 12.1 Å². The summed E-state index contributed by atoms with van der Waals surface area (Å²) in [5.41, 5.74) is 2.36. The maximum Gasteiger partial charge on any atom is 0.160 e. The van der Waals surface area contributed by atoms with E-state index in [1.807, 2.05) is 24.3 Å².